The van der Waals surface area contributed by atoms with Crippen LogP contribution in [0.3, 0.4) is 0 Å². The molecule has 23 heavy (non-hydrogen) atoms. The van der Waals surface area contributed by atoms with Crippen LogP contribution >= 0.6 is 0 Å². The molecule has 0 saturated heterocycles. The van der Waals surface area contributed by atoms with Crippen LogP contribution in [0.25, 0.3) is 0 Å². The van der Waals surface area contributed by atoms with E-state index in [9.17, 15) is 13.5 Å². The number of aliphatic hydroxyl groups excluding tert-OH is 1. The molecule has 0 radical (unpaired) electrons. The van der Waals surface area contributed by atoms with E-state index >= 15 is 0 Å². The molecule has 6 heteroatoms. The van der Waals surface area contributed by atoms with Gasteiger partial charge in [-0.05, 0) is 42.7 Å². The Bertz CT molecular complexity index is 744. The lowest BCUT2D eigenvalue weighted by Crippen LogP contribution is -2.26. The monoisotopic (exact) mass is 335 g/mol. The third-order valence-corrected chi connectivity index (χ3v) is 5.19. The Labute approximate surface area is 137 Å². The maximum Gasteiger partial charge on any atom is 0.240 e. The van der Waals surface area contributed by atoms with Crippen LogP contribution in [0.1, 0.15) is 23.7 Å². The van der Waals surface area contributed by atoms with Gasteiger partial charge in [-0.3, -0.25) is 0 Å². The standard InChI is InChI=1S/C17H21NO4S/c1-13-12-15(22-2)8-9-17(13)23(20,21)18-11-10-16(19)14-6-4-3-5-7-14/h3-9,12,16,18-19H,10-11H2,1-2H3/t16-/m0/s1. The Morgan fingerprint density at radius 1 is 1.17 bits per heavy atom. The number of rotatable bonds is 7. The van der Waals surface area contributed by atoms with Crippen molar-refractivity contribution in [2.75, 3.05) is 13.7 Å². The highest BCUT2D eigenvalue weighted by Crippen LogP contribution is 2.21. The van der Waals surface area contributed by atoms with Crippen LogP contribution in [0.5, 0.6) is 5.75 Å². The lowest BCUT2D eigenvalue weighted by Gasteiger charge is -2.13. The summed E-state index contributed by atoms with van der Waals surface area (Å²) in [6.07, 6.45) is -0.394. The van der Waals surface area contributed by atoms with Gasteiger partial charge in [0.15, 0.2) is 0 Å². The summed E-state index contributed by atoms with van der Waals surface area (Å²) in [5, 5.41) is 10.1. The van der Waals surface area contributed by atoms with Gasteiger partial charge in [0.2, 0.25) is 10.0 Å². The number of aliphatic hydroxyl groups is 1. The van der Waals surface area contributed by atoms with Crippen LogP contribution in [-0.4, -0.2) is 27.2 Å². The zero-order chi connectivity index (χ0) is 16.9. The fraction of sp³-hybridized carbons (Fsp3) is 0.294. The first-order chi connectivity index (χ1) is 10.9. The molecule has 0 aliphatic carbocycles. The Morgan fingerprint density at radius 2 is 1.87 bits per heavy atom. The highest BCUT2D eigenvalue weighted by molar-refractivity contribution is 7.89. The quantitative estimate of drug-likeness (QED) is 0.815. The van der Waals surface area contributed by atoms with Gasteiger partial charge in [-0.25, -0.2) is 13.1 Å². The number of nitrogens with one attached hydrogen (secondary N) is 1. The Kier molecular flexibility index (Phi) is 5.76. The summed E-state index contributed by atoms with van der Waals surface area (Å²) in [5.41, 5.74) is 1.38. The first-order valence-corrected chi connectivity index (χ1v) is 8.79. The third-order valence-electron chi connectivity index (χ3n) is 3.57. The summed E-state index contributed by atoms with van der Waals surface area (Å²) in [6.45, 7) is 1.87. The minimum Gasteiger partial charge on any atom is -0.497 e. The summed E-state index contributed by atoms with van der Waals surface area (Å²) in [7, 11) is -2.08. The zero-order valence-corrected chi connectivity index (χ0v) is 14.0. The second-order valence-electron chi connectivity index (χ2n) is 5.24. The van der Waals surface area contributed by atoms with Gasteiger partial charge >= 0.3 is 0 Å². The predicted octanol–water partition coefficient (Wildman–Crippen LogP) is 2.41. The molecule has 2 aromatic rings. The maximum absolute atomic E-state index is 12.3. The van der Waals surface area contributed by atoms with Gasteiger partial charge in [-0.1, -0.05) is 30.3 Å². The van der Waals surface area contributed by atoms with Gasteiger partial charge in [0.1, 0.15) is 5.75 Å². The number of benzene rings is 2. The van der Waals surface area contributed by atoms with Crippen molar-refractivity contribution in [2.24, 2.45) is 0 Å². The Balaban J connectivity index is 1.99. The van der Waals surface area contributed by atoms with Gasteiger partial charge in [-0.2, -0.15) is 0 Å². The van der Waals surface area contributed by atoms with Crippen LogP contribution in [0, 0.1) is 6.92 Å². The number of sulfonamides is 1. The minimum atomic E-state index is -3.61. The first kappa shape index (κ1) is 17.5. The van der Waals surface area contributed by atoms with Crippen molar-refractivity contribution in [3.8, 4) is 5.75 Å². The van der Waals surface area contributed by atoms with Gasteiger partial charge in [0, 0.05) is 6.54 Å². The number of ether oxygens (including phenoxy) is 1. The van der Waals surface area contributed by atoms with E-state index in [4.69, 9.17) is 4.74 Å². The van der Waals surface area contributed by atoms with Crippen LogP contribution in [-0.2, 0) is 10.0 Å². The van der Waals surface area contributed by atoms with E-state index < -0.39 is 16.1 Å². The predicted molar refractivity (Wildman–Crippen MR) is 88.9 cm³/mol. The van der Waals surface area contributed by atoms with E-state index in [2.05, 4.69) is 4.72 Å². The van der Waals surface area contributed by atoms with Gasteiger partial charge in [0.25, 0.3) is 0 Å². The molecule has 0 amide bonds. The number of aryl methyl sites for hydroxylation is 1. The first-order valence-electron chi connectivity index (χ1n) is 7.31. The second-order valence-corrected chi connectivity index (χ2v) is 6.98. The Morgan fingerprint density at radius 3 is 2.48 bits per heavy atom. The van der Waals surface area contributed by atoms with Crippen molar-refractivity contribution in [3.05, 3.63) is 59.7 Å². The smallest absolute Gasteiger partial charge is 0.240 e. The summed E-state index contributed by atoms with van der Waals surface area (Å²) in [4.78, 5) is 0.215. The largest absolute Gasteiger partial charge is 0.497 e. The third kappa shape index (κ3) is 4.54. The van der Waals surface area contributed by atoms with Crippen molar-refractivity contribution in [3.63, 3.8) is 0 Å². The summed E-state index contributed by atoms with van der Waals surface area (Å²) in [6, 6.07) is 14.0. The molecular weight excluding hydrogens is 314 g/mol. The summed E-state index contributed by atoms with van der Waals surface area (Å²) < 4.78 is 32.3. The van der Waals surface area contributed by atoms with Gasteiger partial charge in [-0.15, -0.1) is 0 Å². The van der Waals surface area contributed by atoms with Gasteiger partial charge in [0.05, 0.1) is 18.1 Å². The maximum atomic E-state index is 12.3. The van der Waals surface area contributed by atoms with E-state index in [1.807, 2.05) is 30.3 Å². The molecule has 2 rings (SSSR count). The van der Waals surface area contributed by atoms with E-state index in [-0.39, 0.29) is 11.4 Å². The molecule has 0 unspecified atom stereocenters. The minimum absolute atomic E-state index is 0.157. The molecule has 0 aliphatic rings. The van der Waals surface area contributed by atoms with Crippen molar-refractivity contribution < 1.29 is 18.3 Å². The summed E-state index contributed by atoms with van der Waals surface area (Å²) in [5.74, 6) is 0.612. The molecule has 0 saturated carbocycles. The molecule has 124 valence electrons. The van der Waals surface area contributed by atoms with Crippen LogP contribution < -0.4 is 9.46 Å². The molecule has 2 N–H and O–H groups in total. The van der Waals surface area contributed by atoms with E-state index in [1.54, 1.807) is 19.1 Å². The average molecular weight is 335 g/mol. The van der Waals surface area contributed by atoms with Crippen molar-refractivity contribution in [1.82, 2.24) is 4.72 Å². The van der Waals surface area contributed by atoms with Crippen molar-refractivity contribution in [2.45, 2.75) is 24.3 Å². The van der Waals surface area contributed by atoms with E-state index in [0.29, 0.717) is 17.7 Å². The molecule has 0 aromatic heterocycles. The van der Waals surface area contributed by atoms with Crippen molar-refractivity contribution in [1.29, 1.82) is 0 Å². The topological polar surface area (TPSA) is 75.6 Å². The molecule has 1 atom stereocenters. The lowest BCUT2D eigenvalue weighted by atomic mass is 10.1. The SMILES string of the molecule is COc1ccc(S(=O)(=O)NCC[C@H](O)c2ccccc2)c(C)c1. The number of hydrogen-bond donors (Lipinski definition) is 2. The fourth-order valence-electron chi connectivity index (χ4n) is 2.30. The van der Waals surface area contributed by atoms with Crippen LogP contribution in [0.4, 0.5) is 0 Å². The normalized spacial score (nSPS) is 12.8. The van der Waals surface area contributed by atoms with E-state index in [0.717, 1.165) is 5.56 Å². The van der Waals surface area contributed by atoms with E-state index in [1.165, 1.54) is 13.2 Å². The molecular formula is C17H21NO4S. The number of methoxy groups -OCH3 is 1. The van der Waals surface area contributed by atoms with Gasteiger partial charge < -0.3 is 9.84 Å². The fourth-order valence-corrected chi connectivity index (χ4v) is 3.57. The number of hydrogen-bond acceptors (Lipinski definition) is 4. The average Bonchev–Trinajstić information content (AvgIpc) is 2.55. The lowest BCUT2D eigenvalue weighted by molar-refractivity contribution is 0.169. The summed E-state index contributed by atoms with van der Waals surface area (Å²) >= 11 is 0. The van der Waals surface area contributed by atoms with Crippen LogP contribution in [0.2, 0.25) is 0 Å². The molecule has 2 aromatic carbocycles. The zero-order valence-electron chi connectivity index (χ0n) is 13.2. The highest BCUT2D eigenvalue weighted by atomic mass is 32.2. The molecule has 0 heterocycles. The second kappa shape index (κ2) is 7.59. The highest BCUT2D eigenvalue weighted by Gasteiger charge is 2.17. The van der Waals surface area contributed by atoms with Crippen molar-refractivity contribution >= 4 is 10.0 Å². The molecule has 0 bridgehead atoms. The van der Waals surface area contributed by atoms with Crippen LogP contribution in [0.15, 0.2) is 53.4 Å². The molecule has 5 nitrogen and oxygen atoms in total. The molecule has 0 spiro atoms. The molecule has 0 aliphatic heterocycles. The Hall–Kier alpha value is -1.89. The molecule has 0 fully saturated rings.